The van der Waals surface area contributed by atoms with Gasteiger partial charge >= 0.3 is 6.61 Å². The van der Waals surface area contributed by atoms with E-state index in [1.54, 1.807) is 22.4 Å². The zero-order valence-electron chi connectivity index (χ0n) is 12.9. The van der Waals surface area contributed by atoms with Crippen LogP contribution >= 0.6 is 11.3 Å². The maximum atomic E-state index is 12.7. The quantitative estimate of drug-likeness (QED) is 0.897. The number of thiazole rings is 1. The van der Waals surface area contributed by atoms with E-state index < -0.39 is 6.61 Å². The van der Waals surface area contributed by atoms with E-state index in [2.05, 4.69) is 9.72 Å². The summed E-state index contributed by atoms with van der Waals surface area (Å²) >= 11 is 1.42. The van der Waals surface area contributed by atoms with Crippen LogP contribution < -0.4 is 15.4 Å². The lowest BCUT2D eigenvalue weighted by molar-refractivity contribution is -0.0498. The molecular formula is C16H17F2N3O2S. The molecule has 0 saturated heterocycles. The van der Waals surface area contributed by atoms with Crippen molar-refractivity contribution in [2.45, 2.75) is 25.9 Å². The van der Waals surface area contributed by atoms with Gasteiger partial charge in [-0.25, -0.2) is 4.98 Å². The zero-order valence-corrected chi connectivity index (χ0v) is 13.7. The molecule has 1 aliphatic rings. The number of hydrogen-bond donors (Lipinski definition) is 1. The number of benzene rings is 1. The number of alkyl halides is 2. The molecule has 0 unspecified atom stereocenters. The third kappa shape index (κ3) is 3.54. The number of fused-ring (bicyclic) bond motifs is 1. The summed E-state index contributed by atoms with van der Waals surface area (Å²) in [5.74, 6) is -0.0741. The number of halogens is 2. The Balaban J connectivity index is 1.84. The van der Waals surface area contributed by atoms with E-state index >= 15 is 0 Å². The number of aromatic nitrogens is 1. The zero-order chi connectivity index (χ0) is 17.1. The molecule has 3 rings (SSSR count). The van der Waals surface area contributed by atoms with E-state index in [4.69, 9.17) is 5.73 Å². The molecule has 0 fully saturated rings. The van der Waals surface area contributed by atoms with Crippen molar-refractivity contribution < 1.29 is 18.3 Å². The number of carbonyl (C=O) groups is 1. The third-order valence-electron chi connectivity index (χ3n) is 3.77. The molecule has 2 heterocycles. The van der Waals surface area contributed by atoms with Crippen molar-refractivity contribution in [3.63, 3.8) is 0 Å². The second-order valence-electron chi connectivity index (χ2n) is 5.39. The predicted octanol–water partition coefficient (Wildman–Crippen LogP) is 2.84. The Labute approximate surface area is 142 Å². The van der Waals surface area contributed by atoms with Gasteiger partial charge in [0.05, 0.1) is 5.01 Å². The number of rotatable bonds is 5. The number of hydrogen-bond acceptors (Lipinski definition) is 5. The van der Waals surface area contributed by atoms with Crippen LogP contribution in [-0.2, 0) is 12.8 Å². The summed E-state index contributed by atoms with van der Waals surface area (Å²) < 4.78 is 29.1. The molecule has 0 atom stereocenters. The smallest absolute Gasteiger partial charge is 0.387 e. The van der Waals surface area contributed by atoms with Gasteiger partial charge in [0.25, 0.3) is 5.91 Å². The molecule has 0 aliphatic carbocycles. The Morgan fingerprint density at radius 3 is 3.04 bits per heavy atom. The van der Waals surface area contributed by atoms with E-state index in [0.29, 0.717) is 25.2 Å². The second kappa shape index (κ2) is 7.23. The number of nitrogens with two attached hydrogens (primary N) is 1. The van der Waals surface area contributed by atoms with Crippen LogP contribution in [0.4, 0.5) is 14.5 Å². The first kappa shape index (κ1) is 16.8. The maximum Gasteiger partial charge on any atom is 0.387 e. The maximum absolute atomic E-state index is 12.7. The SMILES string of the molecule is NCCc1nc(C(=O)N2CCCc3cc(OC(F)F)ccc32)cs1. The van der Waals surface area contributed by atoms with Crippen molar-refractivity contribution in [1.29, 1.82) is 0 Å². The number of ether oxygens (including phenoxy) is 1. The van der Waals surface area contributed by atoms with Gasteiger partial charge in [0.2, 0.25) is 0 Å². The number of nitrogens with zero attached hydrogens (tertiary/aromatic N) is 2. The highest BCUT2D eigenvalue weighted by Gasteiger charge is 2.25. The molecule has 1 aromatic carbocycles. The fourth-order valence-corrected chi connectivity index (χ4v) is 3.53. The minimum absolute atomic E-state index is 0.108. The van der Waals surface area contributed by atoms with Crippen molar-refractivity contribution in [3.8, 4) is 5.75 Å². The van der Waals surface area contributed by atoms with Crippen LogP contribution in [-0.4, -0.2) is 30.6 Å². The van der Waals surface area contributed by atoms with Gasteiger partial charge < -0.3 is 15.4 Å². The molecule has 0 spiro atoms. The first-order valence-electron chi connectivity index (χ1n) is 7.62. The second-order valence-corrected chi connectivity index (χ2v) is 6.34. The predicted molar refractivity (Wildman–Crippen MR) is 87.9 cm³/mol. The van der Waals surface area contributed by atoms with Crippen LogP contribution in [0, 0.1) is 0 Å². The Morgan fingerprint density at radius 1 is 1.46 bits per heavy atom. The Kier molecular flexibility index (Phi) is 5.06. The highest BCUT2D eigenvalue weighted by Crippen LogP contribution is 2.32. The van der Waals surface area contributed by atoms with Gasteiger partial charge in [-0.05, 0) is 43.1 Å². The molecule has 1 aliphatic heterocycles. The molecular weight excluding hydrogens is 336 g/mol. The van der Waals surface area contributed by atoms with Crippen molar-refractivity contribution in [2.75, 3.05) is 18.0 Å². The Morgan fingerprint density at radius 2 is 2.29 bits per heavy atom. The van der Waals surface area contributed by atoms with Gasteiger partial charge in [-0.15, -0.1) is 11.3 Å². The van der Waals surface area contributed by atoms with Crippen LogP contribution in [0.5, 0.6) is 5.75 Å². The fourth-order valence-electron chi connectivity index (χ4n) is 2.75. The third-order valence-corrected chi connectivity index (χ3v) is 4.68. The summed E-state index contributed by atoms with van der Waals surface area (Å²) in [6, 6.07) is 4.68. The summed E-state index contributed by atoms with van der Waals surface area (Å²) in [7, 11) is 0. The molecule has 1 aromatic heterocycles. The summed E-state index contributed by atoms with van der Waals surface area (Å²) in [4.78, 5) is 18.7. The monoisotopic (exact) mass is 353 g/mol. The normalized spacial score (nSPS) is 13.9. The molecule has 0 bridgehead atoms. The molecule has 0 radical (unpaired) electrons. The van der Waals surface area contributed by atoms with Gasteiger partial charge in [-0.3, -0.25) is 4.79 Å². The molecule has 8 heteroatoms. The molecule has 1 amide bonds. The number of amides is 1. The largest absolute Gasteiger partial charge is 0.435 e. The highest BCUT2D eigenvalue weighted by atomic mass is 32.1. The minimum Gasteiger partial charge on any atom is -0.435 e. The summed E-state index contributed by atoms with van der Waals surface area (Å²) in [5.41, 5.74) is 7.45. The molecule has 24 heavy (non-hydrogen) atoms. The molecule has 5 nitrogen and oxygen atoms in total. The van der Waals surface area contributed by atoms with Crippen LogP contribution in [0.3, 0.4) is 0 Å². The van der Waals surface area contributed by atoms with Gasteiger partial charge in [-0.2, -0.15) is 8.78 Å². The lowest BCUT2D eigenvalue weighted by atomic mass is 10.0. The summed E-state index contributed by atoms with van der Waals surface area (Å²) in [6.45, 7) is -1.80. The van der Waals surface area contributed by atoms with E-state index in [-0.39, 0.29) is 11.7 Å². The van der Waals surface area contributed by atoms with Crippen LogP contribution in [0.25, 0.3) is 0 Å². The van der Waals surface area contributed by atoms with Crippen LogP contribution in [0.1, 0.15) is 27.5 Å². The molecule has 0 saturated carbocycles. The first-order valence-corrected chi connectivity index (χ1v) is 8.50. The lowest BCUT2D eigenvalue weighted by Crippen LogP contribution is -2.35. The number of aryl methyl sites for hydroxylation is 1. The standard InChI is InChI=1S/C16H17F2N3O2S/c17-16(18)23-11-3-4-13-10(8-11)2-1-7-21(13)15(22)12-9-24-14(20-12)5-6-19/h3-4,8-9,16H,1-2,5-7,19H2. The number of anilines is 1. The van der Waals surface area contributed by atoms with E-state index in [1.165, 1.54) is 17.4 Å². The average Bonchev–Trinajstić information content (AvgIpc) is 3.02. The first-order chi connectivity index (χ1) is 11.6. The highest BCUT2D eigenvalue weighted by molar-refractivity contribution is 7.09. The van der Waals surface area contributed by atoms with Crippen molar-refractivity contribution in [1.82, 2.24) is 4.98 Å². The van der Waals surface area contributed by atoms with E-state index in [9.17, 15) is 13.6 Å². The van der Waals surface area contributed by atoms with Crippen molar-refractivity contribution in [3.05, 3.63) is 39.8 Å². The van der Waals surface area contributed by atoms with Gasteiger partial charge in [0.1, 0.15) is 11.4 Å². The Bertz CT molecular complexity index is 736. The topological polar surface area (TPSA) is 68.5 Å². The summed E-state index contributed by atoms with van der Waals surface area (Å²) in [5, 5.41) is 2.56. The van der Waals surface area contributed by atoms with Gasteiger partial charge in [0.15, 0.2) is 0 Å². The molecule has 2 N–H and O–H groups in total. The van der Waals surface area contributed by atoms with Crippen molar-refractivity contribution >= 4 is 22.9 Å². The number of carbonyl (C=O) groups excluding carboxylic acids is 1. The Hall–Kier alpha value is -2.06. The van der Waals surface area contributed by atoms with Crippen LogP contribution in [0.2, 0.25) is 0 Å². The van der Waals surface area contributed by atoms with Gasteiger partial charge in [-0.1, -0.05) is 0 Å². The average molecular weight is 353 g/mol. The van der Waals surface area contributed by atoms with Crippen LogP contribution in [0.15, 0.2) is 23.6 Å². The van der Waals surface area contributed by atoms with Crippen molar-refractivity contribution in [2.24, 2.45) is 5.73 Å². The fraction of sp³-hybridized carbons (Fsp3) is 0.375. The van der Waals surface area contributed by atoms with E-state index in [0.717, 1.165) is 29.1 Å². The van der Waals surface area contributed by atoms with E-state index in [1.807, 2.05) is 0 Å². The molecule has 2 aromatic rings. The summed E-state index contributed by atoms with van der Waals surface area (Å²) in [6.07, 6.45) is 2.12. The minimum atomic E-state index is -2.86. The lowest BCUT2D eigenvalue weighted by Gasteiger charge is -2.29. The molecule has 128 valence electrons. The van der Waals surface area contributed by atoms with Gasteiger partial charge in [0, 0.05) is 24.0 Å².